The summed E-state index contributed by atoms with van der Waals surface area (Å²) in [6, 6.07) is -0.316. The molecular weight excluding hydrogens is 429 g/mol. The number of carbonyl (C=O) groups excluding carboxylic acids is 2. The van der Waals surface area contributed by atoms with Crippen LogP contribution in [0.15, 0.2) is 4.99 Å². The number of hydrogen-bond donors (Lipinski definition) is 3. The molecular formula is C14H26IN5O2S. The topological polar surface area (TPSA) is 85.8 Å². The van der Waals surface area contributed by atoms with Gasteiger partial charge >= 0.3 is 6.03 Å². The predicted octanol–water partition coefficient (Wildman–Crippen LogP) is 0.997. The summed E-state index contributed by atoms with van der Waals surface area (Å²) in [7, 11) is 0. The maximum absolute atomic E-state index is 11.5. The van der Waals surface area contributed by atoms with Crippen molar-refractivity contribution < 1.29 is 9.59 Å². The lowest BCUT2D eigenvalue weighted by Crippen LogP contribution is -2.43. The molecule has 2 heterocycles. The molecule has 0 aromatic rings. The van der Waals surface area contributed by atoms with Crippen LogP contribution in [0.1, 0.15) is 26.7 Å². The Balaban J connectivity index is 0.00000264. The Hall–Kier alpha value is -0.710. The number of halogens is 1. The molecule has 9 heteroatoms. The van der Waals surface area contributed by atoms with Crippen molar-refractivity contribution in [1.29, 1.82) is 0 Å². The minimum atomic E-state index is -0.316. The van der Waals surface area contributed by atoms with Crippen LogP contribution in [0.25, 0.3) is 0 Å². The molecule has 23 heavy (non-hydrogen) atoms. The fourth-order valence-electron chi connectivity index (χ4n) is 2.52. The van der Waals surface area contributed by atoms with E-state index >= 15 is 0 Å². The van der Waals surface area contributed by atoms with E-state index in [1.807, 2.05) is 18.7 Å². The standard InChI is InChI=1S/C14H25N5O2S.HI/c1-3-15-12(18-10-14(2)5-4-8-22-14)16-6-7-19-11(20)9-17-13(19)21;/h3-10H2,1-2H3,(H,17,21)(H2,15,16,18);1H. The van der Waals surface area contributed by atoms with Gasteiger partial charge in [-0.25, -0.2) is 4.79 Å². The first-order valence-electron chi connectivity index (χ1n) is 7.78. The zero-order chi connectivity index (χ0) is 16.0. The lowest BCUT2D eigenvalue weighted by atomic mass is 10.1. The van der Waals surface area contributed by atoms with Crippen LogP contribution in [-0.4, -0.2) is 66.0 Å². The molecule has 2 saturated heterocycles. The molecule has 2 rings (SSSR count). The Kier molecular flexibility index (Phi) is 8.45. The minimum absolute atomic E-state index is 0. The SMILES string of the molecule is CCNC(=NCC1(C)CCCS1)NCCN1C(=O)CNC1=O.I. The van der Waals surface area contributed by atoms with Gasteiger partial charge in [0.25, 0.3) is 0 Å². The summed E-state index contributed by atoms with van der Waals surface area (Å²) in [4.78, 5) is 28.8. The largest absolute Gasteiger partial charge is 0.357 e. The van der Waals surface area contributed by atoms with Gasteiger partial charge < -0.3 is 16.0 Å². The predicted molar refractivity (Wildman–Crippen MR) is 105 cm³/mol. The first kappa shape index (κ1) is 20.3. The molecule has 3 amide bonds. The number of imide groups is 1. The smallest absolute Gasteiger partial charge is 0.324 e. The van der Waals surface area contributed by atoms with Gasteiger partial charge in [-0.05, 0) is 32.4 Å². The molecule has 3 N–H and O–H groups in total. The summed E-state index contributed by atoms with van der Waals surface area (Å²) in [6.45, 7) is 6.76. The van der Waals surface area contributed by atoms with E-state index in [1.165, 1.54) is 23.5 Å². The fourth-order valence-corrected chi connectivity index (χ4v) is 3.74. The third kappa shape index (κ3) is 6.02. The Morgan fingerprint density at radius 2 is 2.22 bits per heavy atom. The Morgan fingerprint density at radius 3 is 2.78 bits per heavy atom. The number of aliphatic imine (C=N–C) groups is 1. The van der Waals surface area contributed by atoms with E-state index in [2.05, 4.69) is 27.9 Å². The van der Waals surface area contributed by atoms with Crippen molar-refractivity contribution >= 4 is 53.6 Å². The third-order valence-electron chi connectivity index (χ3n) is 3.78. The van der Waals surface area contributed by atoms with Crippen LogP contribution < -0.4 is 16.0 Å². The second-order valence-electron chi connectivity index (χ2n) is 5.73. The molecule has 7 nitrogen and oxygen atoms in total. The number of amides is 3. The highest BCUT2D eigenvalue weighted by molar-refractivity contribution is 14.0. The number of nitrogens with zero attached hydrogens (tertiary/aromatic N) is 2. The van der Waals surface area contributed by atoms with Crippen molar-refractivity contribution in [3.05, 3.63) is 0 Å². The van der Waals surface area contributed by atoms with Crippen LogP contribution in [0, 0.1) is 0 Å². The van der Waals surface area contributed by atoms with Gasteiger partial charge in [-0.15, -0.1) is 24.0 Å². The van der Waals surface area contributed by atoms with Crippen LogP contribution in [0.2, 0.25) is 0 Å². The normalized spacial score (nSPS) is 24.4. The average Bonchev–Trinajstić information content (AvgIpc) is 3.05. The molecule has 0 aromatic carbocycles. The van der Waals surface area contributed by atoms with E-state index in [1.54, 1.807) is 0 Å². The lowest BCUT2D eigenvalue weighted by molar-refractivity contribution is -0.124. The molecule has 1 atom stereocenters. The molecule has 0 aliphatic carbocycles. The molecule has 0 radical (unpaired) electrons. The highest BCUT2D eigenvalue weighted by atomic mass is 127. The van der Waals surface area contributed by atoms with Crippen molar-refractivity contribution in [1.82, 2.24) is 20.9 Å². The third-order valence-corrected chi connectivity index (χ3v) is 5.30. The first-order valence-corrected chi connectivity index (χ1v) is 8.77. The van der Waals surface area contributed by atoms with Crippen molar-refractivity contribution in [3.8, 4) is 0 Å². The van der Waals surface area contributed by atoms with Crippen molar-refractivity contribution in [2.24, 2.45) is 4.99 Å². The summed E-state index contributed by atoms with van der Waals surface area (Å²) in [6.07, 6.45) is 2.45. The molecule has 0 saturated carbocycles. The number of urea groups is 1. The van der Waals surface area contributed by atoms with Crippen molar-refractivity contribution in [2.75, 3.05) is 38.5 Å². The summed E-state index contributed by atoms with van der Waals surface area (Å²) in [5, 5.41) is 8.89. The average molecular weight is 455 g/mol. The van der Waals surface area contributed by atoms with Crippen LogP contribution in [-0.2, 0) is 4.79 Å². The second kappa shape index (κ2) is 9.55. The number of nitrogens with one attached hydrogen (secondary N) is 3. The lowest BCUT2D eigenvalue weighted by Gasteiger charge is -2.21. The summed E-state index contributed by atoms with van der Waals surface area (Å²) in [5.41, 5.74) is 0. The van der Waals surface area contributed by atoms with Gasteiger partial charge in [0, 0.05) is 24.4 Å². The zero-order valence-corrected chi connectivity index (χ0v) is 16.8. The van der Waals surface area contributed by atoms with Gasteiger partial charge in [-0.1, -0.05) is 0 Å². The van der Waals surface area contributed by atoms with Crippen LogP contribution in [0.4, 0.5) is 4.79 Å². The first-order chi connectivity index (χ1) is 10.5. The van der Waals surface area contributed by atoms with Gasteiger partial charge in [-0.3, -0.25) is 14.7 Å². The molecule has 0 spiro atoms. The number of carbonyl (C=O) groups is 2. The monoisotopic (exact) mass is 455 g/mol. The van der Waals surface area contributed by atoms with E-state index in [4.69, 9.17) is 0 Å². The molecule has 1 unspecified atom stereocenters. The van der Waals surface area contributed by atoms with Crippen molar-refractivity contribution in [3.63, 3.8) is 0 Å². The molecule has 2 fully saturated rings. The highest BCUT2D eigenvalue weighted by Gasteiger charge is 2.29. The Bertz CT molecular complexity index is 438. The number of hydrogen-bond acceptors (Lipinski definition) is 4. The molecule has 0 bridgehead atoms. The summed E-state index contributed by atoms with van der Waals surface area (Å²) < 4.78 is 0.229. The maximum atomic E-state index is 11.5. The number of thioether (sulfide) groups is 1. The van der Waals surface area contributed by atoms with Crippen LogP contribution in [0.5, 0.6) is 0 Å². The van der Waals surface area contributed by atoms with Crippen molar-refractivity contribution in [2.45, 2.75) is 31.4 Å². The van der Waals surface area contributed by atoms with E-state index < -0.39 is 0 Å². The Labute approximate surface area is 158 Å². The van der Waals surface area contributed by atoms with E-state index in [0.717, 1.165) is 19.0 Å². The van der Waals surface area contributed by atoms with Crippen LogP contribution >= 0.6 is 35.7 Å². The molecule has 132 valence electrons. The fraction of sp³-hybridized carbons (Fsp3) is 0.786. The molecule has 2 aliphatic rings. The second-order valence-corrected chi connectivity index (χ2v) is 7.41. The number of rotatable bonds is 6. The Morgan fingerprint density at radius 1 is 1.43 bits per heavy atom. The zero-order valence-electron chi connectivity index (χ0n) is 13.7. The van der Waals surface area contributed by atoms with Gasteiger partial charge in [0.05, 0.1) is 13.1 Å². The summed E-state index contributed by atoms with van der Waals surface area (Å²) >= 11 is 1.98. The summed E-state index contributed by atoms with van der Waals surface area (Å²) in [5.74, 6) is 1.77. The van der Waals surface area contributed by atoms with E-state index in [-0.39, 0.29) is 47.2 Å². The molecule has 0 aromatic heterocycles. The van der Waals surface area contributed by atoms with Gasteiger partial charge in [0.15, 0.2) is 5.96 Å². The highest BCUT2D eigenvalue weighted by Crippen LogP contribution is 2.37. The van der Waals surface area contributed by atoms with Gasteiger partial charge in [-0.2, -0.15) is 11.8 Å². The van der Waals surface area contributed by atoms with Gasteiger partial charge in [0.2, 0.25) is 5.91 Å². The van der Waals surface area contributed by atoms with Crippen LogP contribution in [0.3, 0.4) is 0 Å². The van der Waals surface area contributed by atoms with E-state index in [0.29, 0.717) is 13.1 Å². The number of guanidine groups is 1. The van der Waals surface area contributed by atoms with E-state index in [9.17, 15) is 9.59 Å². The molecule has 2 aliphatic heterocycles. The maximum Gasteiger partial charge on any atom is 0.324 e. The quantitative estimate of drug-likeness (QED) is 0.241. The van der Waals surface area contributed by atoms with Gasteiger partial charge in [0.1, 0.15) is 0 Å². The minimum Gasteiger partial charge on any atom is -0.357 e.